The molecule has 0 spiro atoms. The van der Waals surface area contributed by atoms with Crippen LogP contribution in [0.4, 0.5) is 5.69 Å². The average Bonchev–Trinajstić information content (AvgIpc) is 2.62. The summed E-state index contributed by atoms with van der Waals surface area (Å²) >= 11 is 0. The molecule has 2 N–H and O–H groups in total. The molecule has 0 aromatic heterocycles. The second-order valence-corrected chi connectivity index (χ2v) is 5.87. The number of aryl methyl sites for hydroxylation is 2. The predicted octanol–water partition coefficient (Wildman–Crippen LogP) is 3.55. The van der Waals surface area contributed by atoms with Gasteiger partial charge in [-0.1, -0.05) is 23.8 Å². The molecular formula is C20H27N3O2. The van der Waals surface area contributed by atoms with E-state index in [0.29, 0.717) is 11.5 Å². The topological polar surface area (TPSA) is 54.9 Å². The van der Waals surface area contributed by atoms with Crippen LogP contribution in [0.2, 0.25) is 0 Å². The largest absolute Gasteiger partial charge is 0.493 e. The van der Waals surface area contributed by atoms with Crippen LogP contribution in [-0.4, -0.2) is 33.8 Å². The van der Waals surface area contributed by atoms with Crippen molar-refractivity contribution in [2.45, 2.75) is 20.3 Å². The van der Waals surface area contributed by atoms with E-state index < -0.39 is 0 Å². The number of nitrogens with zero attached hydrogens (tertiary/aromatic N) is 1. The van der Waals surface area contributed by atoms with Crippen molar-refractivity contribution in [3.8, 4) is 11.5 Å². The van der Waals surface area contributed by atoms with Gasteiger partial charge in [0.25, 0.3) is 0 Å². The fourth-order valence-corrected chi connectivity index (χ4v) is 2.67. The van der Waals surface area contributed by atoms with Crippen molar-refractivity contribution in [1.29, 1.82) is 0 Å². The Kier molecular flexibility index (Phi) is 6.69. The molecule has 0 amide bonds. The number of methoxy groups -OCH3 is 2. The summed E-state index contributed by atoms with van der Waals surface area (Å²) in [5.74, 6) is 2.10. The maximum atomic E-state index is 5.33. The normalized spacial score (nSPS) is 11.2. The predicted molar refractivity (Wildman–Crippen MR) is 104 cm³/mol. The number of benzene rings is 2. The van der Waals surface area contributed by atoms with Crippen LogP contribution < -0.4 is 20.1 Å². The Hall–Kier alpha value is -2.69. The van der Waals surface area contributed by atoms with Gasteiger partial charge in [-0.15, -0.1) is 0 Å². The Bertz CT molecular complexity index is 742. The third kappa shape index (κ3) is 5.14. The lowest BCUT2D eigenvalue weighted by atomic mass is 10.0. The molecule has 5 nitrogen and oxygen atoms in total. The van der Waals surface area contributed by atoms with E-state index in [1.54, 1.807) is 21.3 Å². The van der Waals surface area contributed by atoms with Crippen LogP contribution in [0.1, 0.15) is 16.7 Å². The fourth-order valence-electron chi connectivity index (χ4n) is 2.67. The van der Waals surface area contributed by atoms with Crippen molar-refractivity contribution in [2.24, 2.45) is 4.99 Å². The second kappa shape index (κ2) is 8.97. The van der Waals surface area contributed by atoms with E-state index in [9.17, 15) is 0 Å². The maximum Gasteiger partial charge on any atom is 0.195 e. The Morgan fingerprint density at radius 3 is 2.40 bits per heavy atom. The summed E-state index contributed by atoms with van der Waals surface area (Å²) in [6, 6.07) is 12.2. The fraction of sp³-hybridized carbons (Fsp3) is 0.350. The first kappa shape index (κ1) is 18.6. The molecule has 0 atom stereocenters. The van der Waals surface area contributed by atoms with Crippen LogP contribution in [0.25, 0.3) is 0 Å². The maximum absolute atomic E-state index is 5.33. The van der Waals surface area contributed by atoms with E-state index in [4.69, 9.17) is 9.47 Å². The summed E-state index contributed by atoms with van der Waals surface area (Å²) in [5.41, 5.74) is 4.85. The van der Waals surface area contributed by atoms with Crippen molar-refractivity contribution in [1.82, 2.24) is 5.32 Å². The standard InChI is InChI=1S/C20H27N3O2/c1-14-6-7-16(15(2)12-14)10-11-22-20(21-3)23-17-8-9-18(24-4)19(13-17)25-5/h6-9,12-13H,10-11H2,1-5H3,(H2,21,22,23). The summed E-state index contributed by atoms with van der Waals surface area (Å²) < 4.78 is 10.6. The van der Waals surface area contributed by atoms with Crippen molar-refractivity contribution in [3.05, 3.63) is 53.1 Å². The molecule has 2 rings (SSSR count). The number of anilines is 1. The number of ether oxygens (including phenoxy) is 2. The van der Waals surface area contributed by atoms with Gasteiger partial charge in [-0.05, 0) is 43.5 Å². The summed E-state index contributed by atoms with van der Waals surface area (Å²) in [5, 5.41) is 6.61. The van der Waals surface area contributed by atoms with Crippen LogP contribution in [0, 0.1) is 13.8 Å². The number of guanidine groups is 1. The second-order valence-electron chi connectivity index (χ2n) is 5.87. The van der Waals surface area contributed by atoms with E-state index in [1.165, 1.54) is 16.7 Å². The van der Waals surface area contributed by atoms with E-state index >= 15 is 0 Å². The molecule has 5 heteroatoms. The van der Waals surface area contributed by atoms with Crippen LogP contribution >= 0.6 is 0 Å². The van der Waals surface area contributed by atoms with E-state index in [0.717, 1.165) is 24.6 Å². The minimum atomic E-state index is 0.679. The molecule has 2 aromatic rings. The van der Waals surface area contributed by atoms with Gasteiger partial charge in [0.05, 0.1) is 14.2 Å². The van der Waals surface area contributed by atoms with Crippen molar-refractivity contribution in [2.75, 3.05) is 33.1 Å². The minimum Gasteiger partial charge on any atom is -0.493 e. The zero-order valence-electron chi connectivity index (χ0n) is 15.6. The average molecular weight is 341 g/mol. The molecule has 0 radical (unpaired) electrons. The highest BCUT2D eigenvalue weighted by atomic mass is 16.5. The third-order valence-electron chi connectivity index (χ3n) is 4.05. The van der Waals surface area contributed by atoms with E-state index in [-0.39, 0.29) is 0 Å². The number of hydrogen-bond donors (Lipinski definition) is 2. The van der Waals surface area contributed by atoms with Crippen LogP contribution in [-0.2, 0) is 6.42 Å². The SMILES string of the molecule is CN=C(NCCc1ccc(C)cc1C)Nc1ccc(OC)c(OC)c1. The first-order valence-electron chi connectivity index (χ1n) is 8.33. The van der Waals surface area contributed by atoms with E-state index in [1.807, 2.05) is 18.2 Å². The molecule has 0 unspecified atom stereocenters. The van der Waals surface area contributed by atoms with Gasteiger partial charge in [-0.2, -0.15) is 0 Å². The minimum absolute atomic E-state index is 0.679. The molecule has 0 aliphatic carbocycles. The Morgan fingerprint density at radius 1 is 1.00 bits per heavy atom. The van der Waals surface area contributed by atoms with Gasteiger partial charge >= 0.3 is 0 Å². The van der Waals surface area contributed by atoms with Crippen LogP contribution in [0.3, 0.4) is 0 Å². The number of hydrogen-bond acceptors (Lipinski definition) is 3. The molecule has 0 fully saturated rings. The lowest BCUT2D eigenvalue weighted by molar-refractivity contribution is 0.355. The lowest BCUT2D eigenvalue weighted by Gasteiger charge is -2.14. The molecule has 0 saturated carbocycles. The molecule has 0 aliphatic rings. The van der Waals surface area contributed by atoms with Crippen LogP contribution in [0.15, 0.2) is 41.4 Å². The summed E-state index contributed by atoms with van der Waals surface area (Å²) in [7, 11) is 5.00. The van der Waals surface area contributed by atoms with Gasteiger partial charge in [0.2, 0.25) is 0 Å². The first-order chi connectivity index (χ1) is 12.1. The molecule has 0 heterocycles. The highest BCUT2D eigenvalue weighted by Gasteiger charge is 2.06. The van der Waals surface area contributed by atoms with Gasteiger partial charge in [0, 0.05) is 25.3 Å². The number of aliphatic imine (C=N–C) groups is 1. The smallest absolute Gasteiger partial charge is 0.195 e. The van der Waals surface area contributed by atoms with E-state index in [2.05, 4.69) is 47.7 Å². The van der Waals surface area contributed by atoms with Crippen molar-refractivity contribution < 1.29 is 9.47 Å². The lowest BCUT2D eigenvalue weighted by Crippen LogP contribution is -2.32. The van der Waals surface area contributed by atoms with Crippen LogP contribution in [0.5, 0.6) is 11.5 Å². The third-order valence-corrected chi connectivity index (χ3v) is 4.05. The monoisotopic (exact) mass is 341 g/mol. The number of nitrogens with one attached hydrogen (secondary N) is 2. The summed E-state index contributed by atoms with van der Waals surface area (Å²) in [6.45, 7) is 5.07. The van der Waals surface area contributed by atoms with Gasteiger partial charge in [0.15, 0.2) is 17.5 Å². The highest BCUT2D eigenvalue weighted by Crippen LogP contribution is 2.29. The van der Waals surface area contributed by atoms with Gasteiger partial charge in [-0.3, -0.25) is 4.99 Å². The first-order valence-corrected chi connectivity index (χ1v) is 8.33. The Morgan fingerprint density at radius 2 is 1.76 bits per heavy atom. The molecular weight excluding hydrogens is 314 g/mol. The summed E-state index contributed by atoms with van der Waals surface area (Å²) in [4.78, 5) is 4.27. The molecule has 0 saturated heterocycles. The quantitative estimate of drug-likeness (QED) is 0.623. The Balaban J connectivity index is 1.94. The molecule has 0 bridgehead atoms. The zero-order valence-corrected chi connectivity index (χ0v) is 15.6. The van der Waals surface area contributed by atoms with Crippen molar-refractivity contribution in [3.63, 3.8) is 0 Å². The van der Waals surface area contributed by atoms with Gasteiger partial charge in [0.1, 0.15) is 0 Å². The molecule has 0 aliphatic heterocycles. The molecule has 2 aromatic carbocycles. The Labute approximate surface area is 150 Å². The number of rotatable bonds is 6. The molecule has 134 valence electrons. The highest BCUT2D eigenvalue weighted by molar-refractivity contribution is 5.93. The van der Waals surface area contributed by atoms with Gasteiger partial charge < -0.3 is 20.1 Å². The van der Waals surface area contributed by atoms with Crippen molar-refractivity contribution >= 4 is 11.6 Å². The summed E-state index contributed by atoms with van der Waals surface area (Å²) in [6.07, 6.45) is 0.943. The molecule has 25 heavy (non-hydrogen) atoms. The zero-order chi connectivity index (χ0) is 18.2. The van der Waals surface area contributed by atoms with Gasteiger partial charge in [-0.25, -0.2) is 0 Å².